The van der Waals surface area contributed by atoms with Crippen molar-refractivity contribution in [1.29, 1.82) is 0 Å². The molecule has 0 aromatic heterocycles. The standard InChI is InChI=1S/C16H32O2/c1-5-8-9-10-11-12-13-14-16(6-2,7-3)15(17)18-4/h5-14H2,1-4H3. The van der Waals surface area contributed by atoms with Crippen LogP contribution < -0.4 is 0 Å². The van der Waals surface area contributed by atoms with Crippen LogP contribution in [0.5, 0.6) is 0 Å². The van der Waals surface area contributed by atoms with Gasteiger partial charge in [0.2, 0.25) is 0 Å². The van der Waals surface area contributed by atoms with Gasteiger partial charge in [0.1, 0.15) is 0 Å². The first kappa shape index (κ1) is 17.5. The van der Waals surface area contributed by atoms with Crippen LogP contribution in [0.4, 0.5) is 0 Å². The Morgan fingerprint density at radius 3 is 1.83 bits per heavy atom. The lowest BCUT2D eigenvalue weighted by Crippen LogP contribution is -2.31. The lowest BCUT2D eigenvalue weighted by Gasteiger charge is -2.28. The summed E-state index contributed by atoms with van der Waals surface area (Å²) < 4.78 is 4.97. The minimum absolute atomic E-state index is 0.0153. The zero-order chi connectivity index (χ0) is 13.9. The summed E-state index contributed by atoms with van der Waals surface area (Å²) in [6.07, 6.45) is 11.9. The van der Waals surface area contributed by atoms with Gasteiger partial charge in [-0.3, -0.25) is 4.79 Å². The van der Waals surface area contributed by atoms with Crippen molar-refractivity contribution in [3.8, 4) is 0 Å². The fraction of sp³-hybridized carbons (Fsp3) is 0.938. The minimum Gasteiger partial charge on any atom is -0.469 e. The Balaban J connectivity index is 3.88. The highest BCUT2D eigenvalue weighted by Gasteiger charge is 2.35. The average molecular weight is 256 g/mol. The summed E-state index contributed by atoms with van der Waals surface area (Å²) >= 11 is 0. The Labute approximate surface area is 113 Å². The summed E-state index contributed by atoms with van der Waals surface area (Å²) in [6.45, 7) is 6.44. The van der Waals surface area contributed by atoms with Gasteiger partial charge in [-0.25, -0.2) is 0 Å². The molecule has 0 saturated heterocycles. The molecule has 108 valence electrons. The number of carbonyl (C=O) groups excluding carboxylic acids is 1. The van der Waals surface area contributed by atoms with Crippen LogP contribution in [0.3, 0.4) is 0 Å². The summed E-state index contributed by atoms with van der Waals surface area (Å²) in [6, 6.07) is 0. The van der Waals surface area contributed by atoms with Gasteiger partial charge in [-0.05, 0) is 19.3 Å². The fourth-order valence-corrected chi connectivity index (χ4v) is 2.63. The summed E-state index contributed by atoms with van der Waals surface area (Å²) in [5, 5.41) is 0. The van der Waals surface area contributed by atoms with Gasteiger partial charge < -0.3 is 4.74 Å². The van der Waals surface area contributed by atoms with Crippen molar-refractivity contribution in [2.45, 2.75) is 85.0 Å². The van der Waals surface area contributed by atoms with Gasteiger partial charge >= 0.3 is 5.97 Å². The molecule has 0 N–H and O–H groups in total. The predicted molar refractivity (Wildman–Crippen MR) is 77.6 cm³/mol. The van der Waals surface area contributed by atoms with Crippen molar-refractivity contribution >= 4 is 5.97 Å². The molecule has 2 heteroatoms. The molecule has 0 bridgehead atoms. The van der Waals surface area contributed by atoms with Crippen molar-refractivity contribution in [1.82, 2.24) is 0 Å². The van der Waals surface area contributed by atoms with Crippen molar-refractivity contribution < 1.29 is 9.53 Å². The van der Waals surface area contributed by atoms with E-state index in [1.165, 1.54) is 45.6 Å². The lowest BCUT2D eigenvalue weighted by molar-refractivity contribution is -0.154. The molecule has 2 nitrogen and oxygen atoms in total. The molecule has 0 spiro atoms. The highest BCUT2D eigenvalue weighted by molar-refractivity contribution is 5.76. The average Bonchev–Trinajstić information content (AvgIpc) is 2.42. The summed E-state index contributed by atoms with van der Waals surface area (Å²) in [7, 11) is 1.51. The Bertz CT molecular complexity index is 207. The molecule has 18 heavy (non-hydrogen) atoms. The van der Waals surface area contributed by atoms with Crippen LogP contribution in [-0.4, -0.2) is 13.1 Å². The normalized spacial score (nSPS) is 11.6. The minimum atomic E-state index is -0.224. The van der Waals surface area contributed by atoms with Gasteiger partial charge in [0.15, 0.2) is 0 Å². The zero-order valence-electron chi connectivity index (χ0n) is 12.9. The molecule has 0 aromatic carbocycles. The predicted octanol–water partition coefficient (Wildman–Crippen LogP) is 5.11. The first-order valence-corrected chi connectivity index (χ1v) is 7.75. The Morgan fingerprint density at radius 2 is 1.39 bits per heavy atom. The lowest BCUT2D eigenvalue weighted by atomic mass is 9.77. The second kappa shape index (κ2) is 10.4. The van der Waals surface area contributed by atoms with E-state index >= 15 is 0 Å². The van der Waals surface area contributed by atoms with Crippen molar-refractivity contribution in [3.63, 3.8) is 0 Å². The summed E-state index contributed by atoms with van der Waals surface area (Å²) in [5.74, 6) is -0.0153. The zero-order valence-corrected chi connectivity index (χ0v) is 12.9. The smallest absolute Gasteiger partial charge is 0.311 e. The molecule has 0 amide bonds. The van der Waals surface area contributed by atoms with Gasteiger partial charge in [-0.1, -0.05) is 65.7 Å². The quantitative estimate of drug-likeness (QED) is 0.379. The van der Waals surface area contributed by atoms with E-state index in [0.717, 1.165) is 25.7 Å². The molecule has 0 aliphatic heterocycles. The van der Waals surface area contributed by atoms with Gasteiger partial charge in [0.25, 0.3) is 0 Å². The maximum absolute atomic E-state index is 11.9. The molecule has 0 heterocycles. The number of methoxy groups -OCH3 is 1. The van der Waals surface area contributed by atoms with E-state index in [0.29, 0.717) is 0 Å². The van der Waals surface area contributed by atoms with Crippen molar-refractivity contribution in [2.24, 2.45) is 5.41 Å². The van der Waals surface area contributed by atoms with Gasteiger partial charge in [-0.15, -0.1) is 0 Å². The van der Waals surface area contributed by atoms with E-state index in [-0.39, 0.29) is 11.4 Å². The number of rotatable bonds is 11. The second-order valence-electron chi connectivity index (χ2n) is 5.35. The number of esters is 1. The van der Waals surface area contributed by atoms with Gasteiger partial charge in [0, 0.05) is 0 Å². The molecule has 0 aliphatic carbocycles. The van der Waals surface area contributed by atoms with Gasteiger partial charge in [-0.2, -0.15) is 0 Å². The number of unbranched alkanes of at least 4 members (excludes halogenated alkanes) is 6. The molecule has 0 radical (unpaired) electrons. The highest BCUT2D eigenvalue weighted by atomic mass is 16.5. The third-order valence-electron chi connectivity index (χ3n) is 4.23. The molecule has 0 aromatic rings. The molecular formula is C16H32O2. The Kier molecular flexibility index (Phi) is 10.1. The van der Waals surface area contributed by atoms with E-state index in [4.69, 9.17) is 4.74 Å². The van der Waals surface area contributed by atoms with Crippen molar-refractivity contribution in [3.05, 3.63) is 0 Å². The summed E-state index contributed by atoms with van der Waals surface area (Å²) in [4.78, 5) is 11.9. The third kappa shape index (κ3) is 5.88. The molecule has 0 unspecified atom stereocenters. The van der Waals surface area contributed by atoms with Crippen molar-refractivity contribution in [2.75, 3.05) is 7.11 Å². The van der Waals surface area contributed by atoms with E-state index in [9.17, 15) is 4.79 Å². The van der Waals surface area contributed by atoms with Crippen LogP contribution in [-0.2, 0) is 9.53 Å². The van der Waals surface area contributed by atoms with E-state index in [1.807, 2.05) is 0 Å². The number of ether oxygens (including phenoxy) is 1. The fourth-order valence-electron chi connectivity index (χ4n) is 2.63. The highest BCUT2D eigenvalue weighted by Crippen LogP contribution is 2.34. The second-order valence-corrected chi connectivity index (χ2v) is 5.35. The molecule has 0 saturated carbocycles. The van der Waals surface area contributed by atoms with E-state index < -0.39 is 0 Å². The largest absolute Gasteiger partial charge is 0.469 e. The third-order valence-corrected chi connectivity index (χ3v) is 4.23. The number of carbonyl (C=O) groups is 1. The van der Waals surface area contributed by atoms with Crippen LogP contribution in [0.15, 0.2) is 0 Å². The van der Waals surface area contributed by atoms with Crippen LogP contribution in [0.25, 0.3) is 0 Å². The maximum Gasteiger partial charge on any atom is 0.311 e. The molecule has 0 atom stereocenters. The molecule has 0 rings (SSSR count). The molecule has 0 fully saturated rings. The van der Waals surface area contributed by atoms with Crippen LogP contribution in [0, 0.1) is 5.41 Å². The first-order chi connectivity index (χ1) is 8.66. The summed E-state index contributed by atoms with van der Waals surface area (Å²) in [5.41, 5.74) is -0.224. The van der Waals surface area contributed by atoms with E-state index in [1.54, 1.807) is 0 Å². The van der Waals surface area contributed by atoms with Gasteiger partial charge in [0.05, 0.1) is 12.5 Å². The topological polar surface area (TPSA) is 26.3 Å². The SMILES string of the molecule is CCCCCCCCCC(CC)(CC)C(=O)OC. The maximum atomic E-state index is 11.9. The monoisotopic (exact) mass is 256 g/mol. The van der Waals surface area contributed by atoms with Crippen LogP contribution >= 0.6 is 0 Å². The number of hydrogen-bond acceptors (Lipinski definition) is 2. The van der Waals surface area contributed by atoms with Crippen LogP contribution in [0.1, 0.15) is 85.0 Å². The Morgan fingerprint density at radius 1 is 0.889 bits per heavy atom. The van der Waals surface area contributed by atoms with E-state index in [2.05, 4.69) is 20.8 Å². The molecular weight excluding hydrogens is 224 g/mol. The Hall–Kier alpha value is -0.530. The molecule has 0 aliphatic rings. The number of hydrogen-bond donors (Lipinski definition) is 0. The first-order valence-electron chi connectivity index (χ1n) is 7.75. The van der Waals surface area contributed by atoms with Crippen LogP contribution in [0.2, 0.25) is 0 Å².